The fraction of sp³-hybridized carbons (Fsp3) is 0.500. The molecule has 2 heterocycles. The van der Waals surface area contributed by atoms with Crippen LogP contribution < -0.4 is 10.9 Å². The molecule has 0 aromatic carbocycles. The van der Waals surface area contributed by atoms with Gasteiger partial charge in [-0.05, 0) is 82.1 Å². The number of carboxylic acids is 1. The Kier molecular flexibility index (Phi) is 9.76. The number of aryl methyl sites for hydroxylation is 2. The molecule has 7 heteroatoms. The van der Waals surface area contributed by atoms with Crippen LogP contribution in [0.5, 0.6) is 0 Å². The number of carbonyl (C=O) groups is 1. The van der Waals surface area contributed by atoms with Crippen molar-refractivity contribution in [1.82, 2.24) is 0 Å². The average molecular weight is 491 g/mol. The lowest BCUT2D eigenvalue weighted by Gasteiger charge is -2.20. The Balaban J connectivity index is 2.08. The summed E-state index contributed by atoms with van der Waals surface area (Å²) in [6, 6.07) is 6.46. The maximum atomic E-state index is 12.1. The lowest BCUT2D eigenvalue weighted by Crippen LogP contribution is -2.23. The molecule has 0 aliphatic carbocycles. The first-order valence-electron chi connectivity index (χ1n) is 11.2. The van der Waals surface area contributed by atoms with E-state index in [2.05, 4.69) is 0 Å². The van der Waals surface area contributed by atoms with E-state index in [0.29, 0.717) is 19.3 Å². The van der Waals surface area contributed by atoms with Gasteiger partial charge in [-0.25, -0.2) is 0 Å². The van der Waals surface area contributed by atoms with Crippen LogP contribution in [0.15, 0.2) is 33.9 Å². The van der Waals surface area contributed by atoms with E-state index in [1.807, 2.05) is 26.0 Å². The second-order valence-corrected chi connectivity index (χ2v) is 12.3. The van der Waals surface area contributed by atoms with E-state index in [0.717, 1.165) is 38.8 Å². The van der Waals surface area contributed by atoms with E-state index in [4.69, 9.17) is 0 Å². The average Bonchev–Trinajstić information content (AvgIpc) is 2.71. The molecule has 180 valence electrons. The van der Waals surface area contributed by atoms with Crippen LogP contribution >= 0.6 is 22.7 Å². The van der Waals surface area contributed by atoms with Crippen molar-refractivity contribution in [2.75, 3.05) is 6.61 Å². The van der Waals surface area contributed by atoms with Crippen LogP contribution in [0.25, 0.3) is 12.2 Å². The Bertz CT molecular complexity index is 1090. The molecule has 2 rings (SSSR count). The van der Waals surface area contributed by atoms with Gasteiger partial charge < -0.3 is 10.2 Å². The fourth-order valence-corrected chi connectivity index (χ4v) is 5.38. The molecule has 0 saturated carbocycles. The minimum absolute atomic E-state index is 0.0344. The molecule has 0 aliphatic rings. The van der Waals surface area contributed by atoms with Crippen molar-refractivity contribution < 1.29 is 15.0 Å². The van der Waals surface area contributed by atoms with Gasteiger partial charge in [-0.1, -0.05) is 13.8 Å². The molecule has 0 fully saturated rings. The third-order valence-electron chi connectivity index (χ3n) is 5.59. The molecule has 0 bridgehead atoms. The summed E-state index contributed by atoms with van der Waals surface area (Å²) in [7, 11) is 0. The topological polar surface area (TPSA) is 91.7 Å². The van der Waals surface area contributed by atoms with Crippen LogP contribution in [-0.4, -0.2) is 22.8 Å². The number of aliphatic hydroxyl groups is 1. The van der Waals surface area contributed by atoms with Crippen LogP contribution in [0.3, 0.4) is 0 Å². The van der Waals surface area contributed by atoms with Gasteiger partial charge in [0, 0.05) is 38.2 Å². The van der Waals surface area contributed by atoms with E-state index in [-0.39, 0.29) is 22.9 Å². The van der Waals surface area contributed by atoms with Crippen molar-refractivity contribution in [1.29, 1.82) is 0 Å². The fourth-order valence-electron chi connectivity index (χ4n) is 3.31. The third kappa shape index (κ3) is 9.35. The van der Waals surface area contributed by atoms with E-state index >= 15 is 0 Å². The molecule has 0 saturated heterocycles. The molecule has 33 heavy (non-hydrogen) atoms. The summed E-state index contributed by atoms with van der Waals surface area (Å²) >= 11 is 3.07. The number of carboxylic acid groups (broad SMARTS) is 1. The van der Waals surface area contributed by atoms with Crippen LogP contribution in [0.4, 0.5) is 0 Å². The molecule has 0 amide bonds. The first kappa shape index (κ1) is 27.2. The van der Waals surface area contributed by atoms with Crippen molar-refractivity contribution in [3.05, 3.63) is 64.2 Å². The molecule has 0 aliphatic heterocycles. The lowest BCUT2D eigenvalue weighted by molar-refractivity contribution is -0.147. The standard InChI is InChI=1S/C26H34O5S2/c1-25(2,17-27)11-5-7-20-13-18(28)15-22(32-20)9-10-23-16-19(29)14-21(33-23)8-6-12-26(3,4)24(30)31/h9-10,13-16,27H,5-8,11-12,17H2,1-4H3,(H,30,31). The van der Waals surface area contributed by atoms with Crippen molar-refractivity contribution in [2.24, 2.45) is 10.8 Å². The van der Waals surface area contributed by atoms with Crippen molar-refractivity contribution in [3.8, 4) is 0 Å². The van der Waals surface area contributed by atoms with E-state index in [9.17, 15) is 24.6 Å². The number of aliphatic carboxylic acids is 1. The van der Waals surface area contributed by atoms with Gasteiger partial charge in [-0.3, -0.25) is 14.4 Å². The lowest BCUT2D eigenvalue weighted by atomic mass is 9.87. The summed E-state index contributed by atoms with van der Waals surface area (Å²) in [6.07, 6.45) is 8.20. The molecule has 0 spiro atoms. The first-order valence-corrected chi connectivity index (χ1v) is 12.8. The maximum absolute atomic E-state index is 12.1. The minimum atomic E-state index is -0.814. The Hall–Kier alpha value is -2.09. The summed E-state index contributed by atoms with van der Waals surface area (Å²) in [5.41, 5.74) is -1.00. The van der Waals surface area contributed by atoms with Gasteiger partial charge in [0.1, 0.15) is 0 Å². The summed E-state index contributed by atoms with van der Waals surface area (Å²) in [5.74, 6) is -0.814. The first-order chi connectivity index (χ1) is 15.4. The highest BCUT2D eigenvalue weighted by Crippen LogP contribution is 2.26. The van der Waals surface area contributed by atoms with E-state index < -0.39 is 11.4 Å². The molecular formula is C26H34O5S2. The van der Waals surface area contributed by atoms with E-state index in [1.165, 1.54) is 11.3 Å². The highest BCUT2D eigenvalue weighted by atomic mass is 32.1. The summed E-state index contributed by atoms with van der Waals surface area (Å²) in [5, 5.41) is 18.7. The zero-order valence-corrected chi connectivity index (χ0v) is 21.5. The molecule has 2 N–H and O–H groups in total. The quantitative estimate of drug-likeness (QED) is 0.411. The van der Waals surface area contributed by atoms with Gasteiger partial charge in [0.2, 0.25) is 0 Å². The number of hydrogen-bond acceptors (Lipinski definition) is 6. The third-order valence-corrected chi connectivity index (χ3v) is 7.74. The van der Waals surface area contributed by atoms with Crippen LogP contribution in [-0.2, 0) is 17.6 Å². The highest BCUT2D eigenvalue weighted by Gasteiger charge is 2.26. The molecule has 0 unspecified atom stereocenters. The predicted octanol–water partition coefficient (Wildman–Crippen LogP) is 5.48. The Morgan fingerprint density at radius 2 is 1.30 bits per heavy atom. The zero-order valence-electron chi connectivity index (χ0n) is 19.8. The van der Waals surface area contributed by atoms with Crippen molar-refractivity contribution in [2.45, 2.75) is 66.2 Å². The van der Waals surface area contributed by atoms with Crippen LogP contribution in [0, 0.1) is 10.8 Å². The highest BCUT2D eigenvalue weighted by molar-refractivity contribution is 7.13. The van der Waals surface area contributed by atoms with Crippen LogP contribution in [0.1, 0.15) is 72.9 Å². The van der Waals surface area contributed by atoms with E-state index in [1.54, 1.807) is 49.4 Å². The van der Waals surface area contributed by atoms with Gasteiger partial charge >= 0.3 is 5.97 Å². The zero-order chi connectivity index (χ0) is 24.6. The summed E-state index contributed by atoms with van der Waals surface area (Å²) in [4.78, 5) is 39.1. The van der Waals surface area contributed by atoms with Gasteiger partial charge in [0.05, 0.1) is 5.41 Å². The molecule has 5 nitrogen and oxygen atoms in total. The van der Waals surface area contributed by atoms with Crippen molar-refractivity contribution in [3.63, 3.8) is 0 Å². The Morgan fingerprint density at radius 1 is 0.848 bits per heavy atom. The molecule has 2 aromatic rings. The molecule has 0 atom stereocenters. The van der Waals surface area contributed by atoms with Crippen molar-refractivity contribution >= 4 is 40.8 Å². The SMILES string of the molecule is CC(C)(CO)CCCc1cc(=O)cc(C=Cc2cc(=O)cc(CCCC(C)(C)C(=O)O)s2)s1. The second kappa shape index (κ2) is 11.9. The summed E-state index contributed by atoms with van der Waals surface area (Å²) in [6.45, 7) is 7.63. The predicted molar refractivity (Wildman–Crippen MR) is 138 cm³/mol. The second-order valence-electron chi connectivity index (χ2n) is 9.88. The monoisotopic (exact) mass is 490 g/mol. The Labute approximate surface area is 203 Å². The molecular weight excluding hydrogens is 456 g/mol. The van der Waals surface area contributed by atoms with Gasteiger partial charge in [-0.15, -0.1) is 22.7 Å². The number of hydrogen-bond donors (Lipinski definition) is 2. The minimum Gasteiger partial charge on any atom is -0.481 e. The smallest absolute Gasteiger partial charge is 0.309 e. The summed E-state index contributed by atoms with van der Waals surface area (Å²) < 4.78 is 0. The van der Waals surface area contributed by atoms with Gasteiger partial charge in [0.15, 0.2) is 10.9 Å². The maximum Gasteiger partial charge on any atom is 0.309 e. The van der Waals surface area contributed by atoms with Crippen LogP contribution in [0.2, 0.25) is 0 Å². The van der Waals surface area contributed by atoms with Gasteiger partial charge in [-0.2, -0.15) is 0 Å². The number of aliphatic hydroxyl groups excluding tert-OH is 1. The molecule has 0 radical (unpaired) electrons. The molecule has 2 aromatic heterocycles. The van der Waals surface area contributed by atoms with Gasteiger partial charge in [0.25, 0.3) is 0 Å². The largest absolute Gasteiger partial charge is 0.481 e. The normalized spacial score (nSPS) is 12.4. The Morgan fingerprint density at radius 3 is 1.73 bits per heavy atom. The number of rotatable bonds is 12.